The molecule has 2 aromatic carbocycles. The van der Waals surface area contributed by atoms with Crippen LogP contribution in [0.15, 0.2) is 54.6 Å². The number of aryl methyl sites for hydroxylation is 2. The van der Waals surface area contributed by atoms with Crippen LogP contribution in [-0.4, -0.2) is 5.78 Å². The van der Waals surface area contributed by atoms with Gasteiger partial charge in [-0.3, -0.25) is 4.79 Å². The molecule has 0 N–H and O–H groups in total. The molecule has 0 aliphatic carbocycles. The van der Waals surface area contributed by atoms with Crippen LogP contribution in [0.1, 0.15) is 27.0 Å². The third kappa shape index (κ3) is 3.37. The van der Waals surface area contributed by atoms with Crippen molar-refractivity contribution in [3.05, 3.63) is 78.0 Å². The molecule has 0 amide bonds. The van der Waals surface area contributed by atoms with E-state index in [1.807, 2.05) is 44.2 Å². The highest BCUT2D eigenvalue weighted by Gasteiger charge is 2.15. The zero-order chi connectivity index (χ0) is 17.4. The first-order chi connectivity index (χ1) is 11.3. The van der Waals surface area contributed by atoms with Gasteiger partial charge in [0, 0.05) is 27.4 Å². The van der Waals surface area contributed by atoms with Crippen molar-refractivity contribution in [3.8, 4) is 0 Å². The molecule has 0 atom stereocenters. The molecule has 3 rings (SSSR count). The van der Waals surface area contributed by atoms with Crippen LogP contribution in [0.4, 0.5) is 0 Å². The van der Waals surface area contributed by atoms with Crippen LogP contribution in [0, 0.1) is 13.8 Å². The van der Waals surface area contributed by atoms with Gasteiger partial charge in [0.05, 0.1) is 4.47 Å². The van der Waals surface area contributed by atoms with E-state index in [9.17, 15) is 9.59 Å². The molecule has 0 saturated heterocycles. The Hall–Kier alpha value is -1.72. The Morgan fingerprint density at radius 1 is 1.08 bits per heavy atom. The Kier molecular flexibility index (Phi) is 4.74. The number of fused-ring (bicyclic) bond motifs is 1. The number of Topliss-reactive ketones (excluding diaryl/α,β-unsaturated/α-hetero) is 1. The van der Waals surface area contributed by atoms with E-state index in [0.717, 1.165) is 21.0 Å². The minimum absolute atomic E-state index is 0.0205. The highest BCUT2D eigenvalue weighted by Crippen LogP contribution is 2.28. The van der Waals surface area contributed by atoms with Gasteiger partial charge < -0.3 is 4.42 Å². The first-order valence-corrected chi connectivity index (χ1v) is 8.96. The van der Waals surface area contributed by atoms with Crippen molar-refractivity contribution < 1.29 is 9.21 Å². The summed E-state index contributed by atoms with van der Waals surface area (Å²) in [5, 5.41) is 0.764. The van der Waals surface area contributed by atoms with Gasteiger partial charge in [0.1, 0.15) is 0 Å². The largest absolute Gasteiger partial charge is 0.421 e. The molecule has 1 heterocycles. The fourth-order valence-electron chi connectivity index (χ4n) is 2.63. The summed E-state index contributed by atoms with van der Waals surface area (Å²) in [5.74, 6) is -0.0862. The number of carbonyl (C=O) groups is 1. The highest BCUT2D eigenvalue weighted by atomic mass is 79.9. The van der Waals surface area contributed by atoms with Crippen molar-refractivity contribution >= 4 is 48.6 Å². The molecule has 0 spiro atoms. The van der Waals surface area contributed by atoms with Gasteiger partial charge in [-0.05, 0) is 59.6 Å². The maximum Gasteiger partial charge on any atom is 0.339 e. The number of hydrogen-bond donors (Lipinski definition) is 0. The second-order valence-electron chi connectivity index (χ2n) is 5.78. The minimum Gasteiger partial charge on any atom is -0.421 e. The normalized spacial score (nSPS) is 11.0. The van der Waals surface area contributed by atoms with E-state index < -0.39 is 5.63 Å². The van der Waals surface area contributed by atoms with E-state index in [1.54, 1.807) is 6.07 Å². The number of hydrogen-bond acceptors (Lipinski definition) is 3. The number of rotatable bonds is 3. The topological polar surface area (TPSA) is 47.3 Å². The minimum atomic E-state index is -0.482. The van der Waals surface area contributed by atoms with Crippen LogP contribution in [0.5, 0.6) is 0 Å². The average Bonchev–Trinajstić information content (AvgIpc) is 2.51. The van der Waals surface area contributed by atoms with Crippen LogP contribution >= 0.6 is 31.9 Å². The predicted octanol–water partition coefficient (Wildman–Crippen LogP) is 5.36. The van der Waals surface area contributed by atoms with E-state index >= 15 is 0 Å². The molecule has 0 aliphatic rings. The van der Waals surface area contributed by atoms with Crippen LogP contribution in [0.25, 0.3) is 11.0 Å². The van der Waals surface area contributed by atoms with Gasteiger partial charge in [-0.1, -0.05) is 33.6 Å². The number of benzene rings is 2. The van der Waals surface area contributed by atoms with Gasteiger partial charge in [0.25, 0.3) is 0 Å². The molecule has 24 heavy (non-hydrogen) atoms. The van der Waals surface area contributed by atoms with Gasteiger partial charge in [0.2, 0.25) is 0 Å². The summed E-state index contributed by atoms with van der Waals surface area (Å²) in [7, 11) is 0. The Morgan fingerprint density at radius 3 is 2.58 bits per heavy atom. The second kappa shape index (κ2) is 6.65. The van der Waals surface area contributed by atoms with Gasteiger partial charge in [0.15, 0.2) is 11.4 Å². The summed E-state index contributed by atoms with van der Waals surface area (Å²) in [6, 6.07) is 11.1. The van der Waals surface area contributed by atoms with E-state index in [-0.39, 0.29) is 12.2 Å². The lowest BCUT2D eigenvalue weighted by Crippen LogP contribution is -2.14. The van der Waals surface area contributed by atoms with Gasteiger partial charge in [-0.15, -0.1) is 0 Å². The van der Waals surface area contributed by atoms with Crippen LogP contribution < -0.4 is 5.63 Å². The second-order valence-corrected chi connectivity index (χ2v) is 7.55. The van der Waals surface area contributed by atoms with Crippen LogP contribution in [0.3, 0.4) is 0 Å². The highest BCUT2D eigenvalue weighted by molar-refractivity contribution is 9.11. The van der Waals surface area contributed by atoms with Crippen molar-refractivity contribution in [2.45, 2.75) is 20.3 Å². The molecule has 3 aromatic rings. The predicted molar refractivity (Wildman–Crippen MR) is 102 cm³/mol. The van der Waals surface area contributed by atoms with Crippen molar-refractivity contribution in [2.24, 2.45) is 0 Å². The molecule has 122 valence electrons. The monoisotopic (exact) mass is 448 g/mol. The number of ketones is 1. The Bertz CT molecular complexity index is 1020. The van der Waals surface area contributed by atoms with Crippen molar-refractivity contribution in [3.63, 3.8) is 0 Å². The van der Waals surface area contributed by atoms with E-state index in [0.29, 0.717) is 21.2 Å². The van der Waals surface area contributed by atoms with E-state index in [1.165, 1.54) is 0 Å². The Balaban J connectivity index is 2.04. The molecule has 0 aliphatic heterocycles. The Morgan fingerprint density at radius 2 is 1.83 bits per heavy atom. The van der Waals surface area contributed by atoms with Crippen LogP contribution in [0.2, 0.25) is 0 Å². The van der Waals surface area contributed by atoms with Crippen molar-refractivity contribution in [2.75, 3.05) is 0 Å². The summed E-state index contributed by atoms with van der Waals surface area (Å²) < 4.78 is 6.95. The van der Waals surface area contributed by atoms with E-state index in [2.05, 4.69) is 31.9 Å². The molecule has 0 radical (unpaired) electrons. The average molecular weight is 450 g/mol. The molecule has 0 saturated carbocycles. The maximum atomic E-state index is 12.6. The smallest absolute Gasteiger partial charge is 0.339 e. The molecule has 1 aromatic heterocycles. The third-order valence-electron chi connectivity index (χ3n) is 3.87. The number of halogens is 2. The maximum absolute atomic E-state index is 12.6. The molecule has 3 nitrogen and oxygen atoms in total. The summed E-state index contributed by atoms with van der Waals surface area (Å²) in [6.07, 6.45) is 0.0205. The van der Waals surface area contributed by atoms with Crippen molar-refractivity contribution in [1.29, 1.82) is 0 Å². The lowest BCUT2D eigenvalue weighted by molar-refractivity contribution is 0.0991. The van der Waals surface area contributed by atoms with Gasteiger partial charge in [-0.25, -0.2) is 4.79 Å². The molecule has 0 unspecified atom stereocenters. The third-order valence-corrected chi connectivity index (χ3v) is 4.92. The molecule has 5 heteroatoms. The first kappa shape index (κ1) is 17.1. The molecular weight excluding hydrogens is 436 g/mol. The fraction of sp³-hybridized carbons (Fsp3) is 0.158. The summed E-state index contributed by atoms with van der Waals surface area (Å²) in [6.45, 7) is 3.83. The molecule has 0 fully saturated rings. The number of carbonyl (C=O) groups excluding carboxylic acids is 1. The lowest BCUT2D eigenvalue weighted by Gasteiger charge is -2.07. The standard InChI is InChI=1S/C19H14Br2O3/c1-10-3-4-11(2)15(5-10)17(22)8-13-6-12-7-14(20)9-16(21)18(12)24-19(13)23/h3-7,9H,8H2,1-2H3. The molecule has 0 bridgehead atoms. The zero-order valence-electron chi connectivity index (χ0n) is 13.2. The van der Waals surface area contributed by atoms with E-state index in [4.69, 9.17) is 4.42 Å². The first-order valence-electron chi connectivity index (χ1n) is 7.37. The summed E-state index contributed by atoms with van der Waals surface area (Å²) >= 11 is 6.80. The zero-order valence-corrected chi connectivity index (χ0v) is 16.3. The Labute approximate surface area is 155 Å². The quantitative estimate of drug-likeness (QED) is 0.399. The van der Waals surface area contributed by atoms with Crippen molar-refractivity contribution in [1.82, 2.24) is 0 Å². The summed E-state index contributed by atoms with van der Waals surface area (Å²) in [5.41, 5.74) is 2.92. The van der Waals surface area contributed by atoms with Gasteiger partial charge >= 0.3 is 5.63 Å². The SMILES string of the molecule is Cc1ccc(C)c(C(=O)Cc2cc3cc(Br)cc(Br)c3oc2=O)c1. The fourth-order valence-corrected chi connectivity index (χ4v) is 3.97. The summed E-state index contributed by atoms with van der Waals surface area (Å²) in [4.78, 5) is 24.8. The van der Waals surface area contributed by atoms with Crippen LogP contribution in [-0.2, 0) is 6.42 Å². The molecular formula is C19H14Br2O3. The van der Waals surface area contributed by atoms with Gasteiger partial charge in [-0.2, -0.15) is 0 Å². The lowest BCUT2D eigenvalue weighted by atomic mass is 9.98.